The first-order chi connectivity index (χ1) is 9.87. The van der Waals surface area contributed by atoms with E-state index in [1.807, 2.05) is 0 Å². The van der Waals surface area contributed by atoms with Gasteiger partial charge in [-0.2, -0.15) is 0 Å². The summed E-state index contributed by atoms with van der Waals surface area (Å²) in [4.78, 5) is 4.55. The van der Waals surface area contributed by atoms with Crippen LogP contribution in [0, 0.1) is 0 Å². The van der Waals surface area contributed by atoms with Gasteiger partial charge in [-0.15, -0.1) is 0 Å². The van der Waals surface area contributed by atoms with Gasteiger partial charge in [0.25, 0.3) is 0 Å². The van der Waals surface area contributed by atoms with Gasteiger partial charge in [0.2, 0.25) is 0 Å². The zero-order valence-electron chi connectivity index (χ0n) is 13.2. The molecular formula is C16H26N2O2S. The van der Waals surface area contributed by atoms with E-state index in [9.17, 15) is 8.42 Å². The Labute approximate surface area is 128 Å². The van der Waals surface area contributed by atoms with Crippen LogP contribution in [-0.2, 0) is 9.84 Å². The SMILES string of the molecule is CN(C)c1cccc([C@@H]2CCCN2CCCS(C)(=O)=O)c1. The van der Waals surface area contributed by atoms with E-state index in [1.165, 1.54) is 23.9 Å². The third-order valence-electron chi connectivity index (χ3n) is 4.10. The van der Waals surface area contributed by atoms with Crippen LogP contribution in [0.15, 0.2) is 24.3 Å². The third-order valence-corrected chi connectivity index (χ3v) is 5.13. The van der Waals surface area contributed by atoms with E-state index in [4.69, 9.17) is 0 Å². The Bertz CT molecular complexity index is 569. The van der Waals surface area contributed by atoms with E-state index < -0.39 is 9.84 Å². The Balaban J connectivity index is 2.03. The highest BCUT2D eigenvalue weighted by Gasteiger charge is 2.25. The lowest BCUT2D eigenvalue weighted by atomic mass is 10.0. The molecule has 0 radical (unpaired) electrons. The molecular weight excluding hydrogens is 284 g/mol. The van der Waals surface area contributed by atoms with Crippen molar-refractivity contribution in [1.82, 2.24) is 4.90 Å². The second-order valence-corrected chi connectivity index (χ2v) is 8.43. The molecule has 0 aliphatic carbocycles. The minimum Gasteiger partial charge on any atom is -0.378 e. The van der Waals surface area contributed by atoms with E-state index in [0.29, 0.717) is 6.04 Å². The van der Waals surface area contributed by atoms with Gasteiger partial charge in [0.15, 0.2) is 0 Å². The van der Waals surface area contributed by atoms with Gasteiger partial charge in [0, 0.05) is 32.1 Å². The molecule has 2 rings (SSSR count). The van der Waals surface area contributed by atoms with Crippen molar-refractivity contribution in [2.24, 2.45) is 0 Å². The minimum atomic E-state index is -2.85. The summed E-state index contributed by atoms with van der Waals surface area (Å²) in [6.45, 7) is 1.94. The van der Waals surface area contributed by atoms with Crippen molar-refractivity contribution in [2.45, 2.75) is 25.3 Å². The van der Waals surface area contributed by atoms with E-state index in [1.54, 1.807) is 0 Å². The van der Waals surface area contributed by atoms with Gasteiger partial charge in [-0.05, 0) is 50.0 Å². The largest absolute Gasteiger partial charge is 0.378 e. The molecule has 0 saturated carbocycles. The zero-order chi connectivity index (χ0) is 15.5. The predicted octanol–water partition coefficient (Wildman–Crippen LogP) is 2.32. The molecule has 4 nitrogen and oxygen atoms in total. The van der Waals surface area contributed by atoms with Gasteiger partial charge in [0.1, 0.15) is 9.84 Å². The van der Waals surface area contributed by atoms with Crippen LogP contribution < -0.4 is 4.90 Å². The summed E-state index contributed by atoms with van der Waals surface area (Å²) in [5.74, 6) is 0.286. The van der Waals surface area contributed by atoms with Crippen molar-refractivity contribution >= 4 is 15.5 Å². The van der Waals surface area contributed by atoms with E-state index in [-0.39, 0.29) is 5.75 Å². The molecule has 21 heavy (non-hydrogen) atoms. The van der Waals surface area contributed by atoms with Gasteiger partial charge in [0.05, 0.1) is 5.75 Å². The molecule has 1 heterocycles. The van der Waals surface area contributed by atoms with Gasteiger partial charge in [-0.3, -0.25) is 4.90 Å². The Kier molecular flexibility index (Phi) is 5.27. The van der Waals surface area contributed by atoms with Gasteiger partial charge in [-0.1, -0.05) is 12.1 Å². The standard InChI is InChI=1S/C16H26N2O2S/c1-17(2)15-8-4-7-14(13-15)16-9-5-10-18(16)11-6-12-21(3,19)20/h4,7-8,13,16H,5-6,9-12H2,1-3H3/t16-/m0/s1. The lowest BCUT2D eigenvalue weighted by molar-refractivity contribution is 0.258. The number of likely N-dealkylation sites (tertiary alicyclic amines) is 1. The summed E-state index contributed by atoms with van der Waals surface area (Å²) in [6.07, 6.45) is 4.39. The molecule has 1 aliphatic rings. The molecule has 1 aromatic rings. The summed E-state index contributed by atoms with van der Waals surface area (Å²) in [5.41, 5.74) is 2.56. The fourth-order valence-electron chi connectivity index (χ4n) is 3.01. The van der Waals surface area contributed by atoms with E-state index in [0.717, 1.165) is 25.9 Å². The minimum absolute atomic E-state index is 0.286. The number of anilines is 1. The first kappa shape index (κ1) is 16.3. The summed E-state index contributed by atoms with van der Waals surface area (Å²) in [7, 11) is 1.26. The zero-order valence-corrected chi connectivity index (χ0v) is 14.1. The first-order valence-electron chi connectivity index (χ1n) is 7.56. The van der Waals surface area contributed by atoms with Crippen LogP contribution in [0.25, 0.3) is 0 Å². The van der Waals surface area contributed by atoms with Crippen molar-refractivity contribution in [2.75, 3.05) is 44.1 Å². The van der Waals surface area contributed by atoms with Gasteiger partial charge < -0.3 is 4.90 Å². The Morgan fingerprint density at radius 2 is 2.10 bits per heavy atom. The third kappa shape index (κ3) is 4.71. The second-order valence-electron chi connectivity index (χ2n) is 6.17. The monoisotopic (exact) mass is 310 g/mol. The number of sulfone groups is 1. The van der Waals surface area contributed by atoms with E-state index in [2.05, 4.69) is 48.2 Å². The van der Waals surface area contributed by atoms with Crippen molar-refractivity contribution in [3.8, 4) is 0 Å². The molecule has 1 atom stereocenters. The fourth-order valence-corrected chi connectivity index (χ4v) is 3.66. The summed E-state index contributed by atoms with van der Waals surface area (Å²) in [5, 5.41) is 0. The Hall–Kier alpha value is -1.07. The van der Waals surface area contributed by atoms with Crippen LogP contribution in [0.4, 0.5) is 5.69 Å². The molecule has 1 saturated heterocycles. The molecule has 0 unspecified atom stereocenters. The molecule has 0 aromatic heterocycles. The molecule has 0 N–H and O–H groups in total. The number of hydrogen-bond donors (Lipinski definition) is 0. The first-order valence-corrected chi connectivity index (χ1v) is 9.62. The molecule has 0 spiro atoms. The Morgan fingerprint density at radius 3 is 2.76 bits per heavy atom. The summed E-state index contributed by atoms with van der Waals surface area (Å²) in [6, 6.07) is 9.10. The van der Waals surface area contributed by atoms with Crippen LogP contribution >= 0.6 is 0 Å². The normalized spacial score (nSPS) is 19.9. The smallest absolute Gasteiger partial charge is 0.147 e. The average molecular weight is 310 g/mol. The van der Waals surface area contributed by atoms with Crippen LogP contribution in [0.1, 0.15) is 30.9 Å². The van der Waals surface area contributed by atoms with Crippen molar-refractivity contribution in [1.29, 1.82) is 0 Å². The maximum Gasteiger partial charge on any atom is 0.147 e. The van der Waals surface area contributed by atoms with Crippen LogP contribution in [0.2, 0.25) is 0 Å². The van der Waals surface area contributed by atoms with Crippen LogP contribution in [0.5, 0.6) is 0 Å². The molecule has 1 aliphatic heterocycles. The number of nitrogens with zero attached hydrogens (tertiary/aromatic N) is 2. The molecule has 5 heteroatoms. The highest BCUT2D eigenvalue weighted by Crippen LogP contribution is 2.33. The summed E-state index contributed by atoms with van der Waals surface area (Å²) < 4.78 is 22.5. The predicted molar refractivity (Wildman–Crippen MR) is 88.6 cm³/mol. The van der Waals surface area contributed by atoms with E-state index >= 15 is 0 Å². The maximum absolute atomic E-state index is 11.3. The fraction of sp³-hybridized carbons (Fsp3) is 0.625. The summed E-state index contributed by atoms with van der Waals surface area (Å²) >= 11 is 0. The lowest BCUT2D eigenvalue weighted by Gasteiger charge is -2.25. The van der Waals surface area contributed by atoms with Gasteiger partial charge >= 0.3 is 0 Å². The average Bonchev–Trinajstić information content (AvgIpc) is 2.86. The number of rotatable bonds is 6. The van der Waals surface area contributed by atoms with Crippen molar-refractivity contribution in [3.05, 3.63) is 29.8 Å². The number of hydrogen-bond acceptors (Lipinski definition) is 4. The molecule has 1 aromatic carbocycles. The highest BCUT2D eigenvalue weighted by atomic mass is 32.2. The van der Waals surface area contributed by atoms with Crippen LogP contribution in [-0.4, -0.2) is 52.5 Å². The molecule has 0 amide bonds. The van der Waals surface area contributed by atoms with Gasteiger partial charge in [-0.25, -0.2) is 8.42 Å². The quantitative estimate of drug-likeness (QED) is 0.808. The Morgan fingerprint density at radius 1 is 1.33 bits per heavy atom. The maximum atomic E-state index is 11.3. The molecule has 1 fully saturated rings. The van der Waals surface area contributed by atoms with Crippen molar-refractivity contribution in [3.63, 3.8) is 0 Å². The lowest BCUT2D eigenvalue weighted by Crippen LogP contribution is -2.26. The highest BCUT2D eigenvalue weighted by molar-refractivity contribution is 7.90. The molecule has 0 bridgehead atoms. The topological polar surface area (TPSA) is 40.6 Å². The second kappa shape index (κ2) is 6.79. The van der Waals surface area contributed by atoms with Crippen LogP contribution in [0.3, 0.4) is 0 Å². The van der Waals surface area contributed by atoms with Crippen molar-refractivity contribution < 1.29 is 8.42 Å². The molecule has 118 valence electrons. The number of benzene rings is 1.